The van der Waals surface area contributed by atoms with Gasteiger partial charge in [-0.25, -0.2) is 0 Å². The molecule has 76 valence electrons. The van der Waals surface area contributed by atoms with Crippen molar-refractivity contribution in [2.75, 3.05) is 5.73 Å². The minimum absolute atomic E-state index is 0.0132. The van der Waals surface area contributed by atoms with Crippen molar-refractivity contribution in [3.05, 3.63) is 64.6 Å². The predicted molar refractivity (Wildman–Crippen MR) is 60.7 cm³/mol. The van der Waals surface area contributed by atoms with Gasteiger partial charge < -0.3 is 10.3 Å². The van der Waals surface area contributed by atoms with Crippen molar-refractivity contribution >= 4 is 5.69 Å². The van der Waals surface area contributed by atoms with Crippen LogP contribution in [0, 0.1) is 0 Å². The van der Waals surface area contributed by atoms with Crippen LogP contribution in [0.25, 0.3) is 0 Å². The maximum Gasteiger partial charge on any atom is 0.250 e. The maximum absolute atomic E-state index is 11.5. The van der Waals surface area contributed by atoms with Crippen LogP contribution in [-0.2, 0) is 6.54 Å². The molecule has 1 aromatic heterocycles. The van der Waals surface area contributed by atoms with Crippen LogP contribution in [0.3, 0.4) is 0 Å². The van der Waals surface area contributed by atoms with Gasteiger partial charge in [0.2, 0.25) is 0 Å². The fourth-order valence-corrected chi connectivity index (χ4v) is 1.45. The van der Waals surface area contributed by atoms with E-state index in [9.17, 15) is 4.79 Å². The Balaban J connectivity index is 2.34. The number of hydrogen-bond donors (Lipinski definition) is 1. The number of aromatic nitrogens is 1. The first kappa shape index (κ1) is 9.52. The van der Waals surface area contributed by atoms with Gasteiger partial charge in [0.15, 0.2) is 0 Å². The van der Waals surface area contributed by atoms with Crippen LogP contribution in [-0.4, -0.2) is 4.57 Å². The minimum Gasteiger partial charge on any atom is -0.398 e. The Kier molecular flexibility index (Phi) is 2.54. The lowest BCUT2D eigenvalue weighted by Gasteiger charge is -2.07. The Hall–Kier alpha value is -2.03. The second-order valence-electron chi connectivity index (χ2n) is 3.37. The molecule has 0 spiro atoms. The monoisotopic (exact) mass is 200 g/mol. The van der Waals surface area contributed by atoms with Crippen LogP contribution in [0.5, 0.6) is 0 Å². The van der Waals surface area contributed by atoms with Gasteiger partial charge in [-0.2, -0.15) is 0 Å². The van der Waals surface area contributed by atoms with Crippen molar-refractivity contribution in [1.82, 2.24) is 4.57 Å². The molecular weight excluding hydrogens is 188 g/mol. The number of rotatable bonds is 2. The number of benzene rings is 1. The first-order chi connectivity index (χ1) is 7.27. The number of hydrogen-bond acceptors (Lipinski definition) is 2. The molecule has 0 aliphatic carbocycles. The van der Waals surface area contributed by atoms with Crippen molar-refractivity contribution in [2.45, 2.75) is 6.54 Å². The summed E-state index contributed by atoms with van der Waals surface area (Å²) in [7, 11) is 0. The molecule has 0 amide bonds. The number of nitrogens with two attached hydrogens (primary N) is 1. The first-order valence-electron chi connectivity index (χ1n) is 4.76. The third kappa shape index (κ3) is 2.07. The highest BCUT2D eigenvalue weighted by molar-refractivity contribution is 5.46. The average molecular weight is 200 g/mol. The largest absolute Gasteiger partial charge is 0.398 e. The number of para-hydroxylation sites is 1. The van der Waals surface area contributed by atoms with Crippen molar-refractivity contribution in [3.8, 4) is 0 Å². The fraction of sp³-hybridized carbons (Fsp3) is 0.0833. The molecule has 3 nitrogen and oxygen atoms in total. The molecule has 0 unspecified atom stereocenters. The lowest BCUT2D eigenvalue weighted by atomic mass is 10.2. The molecule has 0 bridgehead atoms. The molecule has 0 fully saturated rings. The highest BCUT2D eigenvalue weighted by Gasteiger charge is 1.99. The molecule has 2 aromatic rings. The van der Waals surface area contributed by atoms with E-state index in [0.717, 1.165) is 5.56 Å². The van der Waals surface area contributed by atoms with Gasteiger partial charge in [0.05, 0.1) is 6.54 Å². The first-order valence-corrected chi connectivity index (χ1v) is 4.76. The zero-order valence-corrected chi connectivity index (χ0v) is 8.26. The second-order valence-corrected chi connectivity index (χ2v) is 3.37. The van der Waals surface area contributed by atoms with Crippen molar-refractivity contribution in [1.29, 1.82) is 0 Å². The molecule has 0 saturated carbocycles. The van der Waals surface area contributed by atoms with E-state index in [4.69, 9.17) is 5.73 Å². The topological polar surface area (TPSA) is 48.0 Å². The van der Waals surface area contributed by atoms with Gasteiger partial charge >= 0.3 is 0 Å². The van der Waals surface area contributed by atoms with Crippen molar-refractivity contribution in [3.63, 3.8) is 0 Å². The summed E-state index contributed by atoms with van der Waals surface area (Å²) in [6, 6.07) is 12.7. The quantitative estimate of drug-likeness (QED) is 0.746. The van der Waals surface area contributed by atoms with Gasteiger partial charge in [-0.15, -0.1) is 0 Å². The Labute approximate surface area is 87.8 Å². The van der Waals surface area contributed by atoms with E-state index in [1.165, 1.54) is 0 Å². The molecule has 1 heterocycles. The molecule has 0 aliphatic rings. The standard InChI is InChI=1S/C12H12N2O/c13-11-6-2-1-5-10(11)9-14-8-4-3-7-12(14)15/h1-8H,9,13H2. The van der Waals surface area contributed by atoms with E-state index in [0.29, 0.717) is 12.2 Å². The molecule has 2 N–H and O–H groups in total. The highest BCUT2D eigenvalue weighted by Crippen LogP contribution is 2.10. The van der Waals surface area contributed by atoms with Gasteiger partial charge in [0.25, 0.3) is 5.56 Å². The van der Waals surface area contributed by atoms with E-state index in [2.05, 4.69) is 0 Å². The van der Waals surface area contributed by atoms with Gasteiger partial charge in [-0.1, -0.05) is 24.3 Å². The molecular formula is C12H12N2O. The smallest absolute Gasteiger partial charge is 0.250 e. The summed E-state index contributed by atoms with van der Waals surface area (Å²) in [4.78, 5) is 11.5. The van der Waals surface area contributed by atoms with E-state index < -0.39 is 0 Å². The van der Waals surface area contributed by atoms with E-state index in [1.807, 2.05) is 30.3 Å². The van der Waals surface area contributed by atoms with E-state index >= 15 is 0 Å². The second kappa shape index (κ2) is 4.00. The average Bonchev–Trinajstić information content (AvgIpc) is 2.24. The number of pyridine rings is 1. The molecule has 0 aliphatic heterocycles. The summed E-state index contributed by atoms with van der Waals surface area (Å²) in [6.45, 7) is 0.520. The van der Waals surface area contributed by atoms with Crippen LogP contribution in [0.1, 0.15) is 5.56 Å². The number of nitrogen functional groups attached to an aromatic ring is 1. The molecule has 0 saturated heterocycles. The zero-order valence-electron chi connectivity index (χ0n) is 8.26. The summed E-state index contributed by atoms with van der Waals surface area (Å²) in [5.74, 6) is 0. The van der Waals surface area contributed by atoms with Crippen molar-refractivity contribution in [2.24, 2.45) is 0 Å². The molecule has 3 heteroatoms. The van der Waals surface area contributed by atoms with Gasteiger partial charge in [0, 0.05) is 18.0 Å². The van der Waals surface area contributed by atoms with Gasteiger partial charge in [-0.05, 0) is 17.7 Å². The van der Waals surface area contributed by atoms with Gasteiger partial charge in [0.1, 0.15) is 0 Å². The predicted octanol–water partition coefficient (Wildman–Crippen LogP) is 1.48. The van der Waals surface area contributed by atoms with Crippen LogP contribution in [0.15, 0.2) is 53.5 Å². The van der Waals surface area contributed by atoms with E-state index in [-0.39, 0.29) is 5.56 Å². The molecule has 0 atom stereocenters. The van der Waals surface area contributed by atoms with Crippen LogP contribution < -0.4 is 11.3 Å². The fourth-order valence-electron chi connectivity index (χ4n) is 1.45. The van der Waals surface area contributed by atoms with Crippen LogP contribution in [0.4, 0.5) is 5.69 Å². The van der Waals surface area contributed by atoms with Gasteiger partial charge in [-0.3, -0.25) is 4.79 Å². The number of nitrogens with zero attached hydrogens (tertiary/aromatic N) is 1. The molecule has 1 aromatic carbocycles. The minimum atomic E-state index is -0.0132. The summed E-state index contributed by atoms with van der Waals surface area (Å²) in [6.07, 6.45) is 1.76. The summed E-state index contributed by atoms with van der Waals surface area (Å²) < 4.78 is 1.63. The molecule has 15 heavy (non-hydrogen) atoms. The van der Waals surface area contributed by atoms with Crippen LogP contribution in [0.2, 0.25) is 0 Å². The Morgan fingerprint density at radius 3 is 2.53 bits per heavy atom. The summed E-state index contributed by atoms with van der Waals surface area (Å²) in [5, 5.41) is 0. The van der Waals surface area contributed by atoms with E-state index in [1.54, 1.807) is 22.9 Å². The number of anilines is 1. The summed E-state index contributed by atoms with van der Waals surface area (Å²) in [5.41, 5.74) is 7.47. The normalized spacial score (nSPS) is 10.1. The lowest BCUT2D eigenvalue weighted by molar-refractivity contribution is 0.761. The lowest BCUT2D eigenvalue weighted by Crippen LogP contribution is -2.18. The Morgan fingerprint density at radius 1 is 1.07 bits per heavy atom. The zero-order chi connectivity index (χ0) is 10.7. The third-order valence-corrected chi connectivity index (χ3v) is 2.29. The summed E-state index contributed by atoms with van der Waals surface area (Å²) >= 11 is 0. The SMILES string of the molecule is Nc1ccccc1Cn1ccccc1=O. The maximum atomic E-state index is 11.5. The van der Waals surface area contributed by atoms with Crippen LogP contribution >= 0.6 is 0 Å². The molecule has 0 radical (unpaired) electrons. The third-order valence-electron chi connectivity index (χ3n) is 2.29. The molecule has 2 rings (SSSR count). The highest BCUT2D eigenvalue weighted by atomic mass is 16.1. The Bertz CT molecular complexity index is 517. The Morgan fingerprint density at radius 2 is 1.80 bits per heavy atom. The van der Waals surface area contributed by atoms with Crippen molar-refractivity contribution < 1.29 is 0 Å².